The number of rotatable bonds is 12. The van der Waals surface area contributed by atoms with E-state index in [1.807, 2.05) is 54.6 Å². The molecule has 0 spiro atoms. The van der Waals surface area contributed by atoms with Crippen LogP contribution in [0.5, 0.6) is 0 Å². The van der Waals surface area contributed by atoms with Crippen LogP contribution in [-0.2, 0) is 14.4 Å². The third-order valence-corrected chi connectivity index (χ3v) is 13.2. The number of carbonyl (C=O) groups is 3. The summed E-state index contributed by atoms with van der Waals surface area (Å²) in [6.07, 6.45) is 16.7. The Hall–Kier alpha value is -4.44. The van der Waals surface area contributed by atoms with Crippen molar-refractivity contribution in [1.29, 1.82) is 0 Å². The van der Waals surface area contributed by atoms with E-state index in [2.05, 4.69) is 71.9 Å². The number of allylic oxidation sites excluding steroid dienone is 9. The summed E-state index contributed by atoms with van der Waals surface area (Å²) in [4.78, 5) is 53.1. The molecule has 3 aromatic carbocycles. The lowest BCUT2D eigenvalue weighted by molar-refractivity contribution is -0.124. The maximum absolute atomic E-state index is 14.3. The van der Waals surface area contributed by atoms with E-state index in [1.54, 1.807) is 53.5 Å². The highest BCUT2D eigenvalue weighted by Crippen LogP contribution is 2.48. The zero-order valence-corrected chi connectivity index (χ0v) is 33.5. The van der Waals surface area contributed by atoms with Crippen molar-refractivity contribution in [2.24, 2.45) is 0 Å². The van der Waals surface area contributed by atoms with Gasteiger partial charge in [-0.1, -0.05) is 112 Å². The second-order valence-electron chi connectivity index (χ2n) is 13.5. The second-order valence-corrected chi connectivity index (χ2v) is 16.7. The molecule has 3 heterocycles. The summed E-state index contributed by atoms with van der Waals surface area (Å²) in [6, 6.07) is 24.8. The first kappa shape index (κ1) is 37.9. The fourth-order valence-electron chi connectivity index (χ4n) is 6.83. The largest absolute Gasteiger partial charge is 0.335 e. The first-order chi connectivity index (χ1) is 26.4. The van der Waals surface area contributed by atoms with Gasteiger partial charge in [0.1, 0.15) is 0 Å². The van der Waals surface area contributed by atoms with Crippen molar-refractivity contribution in [2.75, 3.05) is 34.3 Å². The molecule has 0 saturated heterocycles. The molecule has 1 fully saturated rings. The van der Waals surface area contributed by atoms with Gasteiger partial charge in [0.25, 0.3) is 0 Å². The Labute approximate surface area is 331 Å². The average Bonchev–Trinajstić information content (AvgIpc) is 3.85. The van der Waals surface area contributed by atoms with Crippen LogP contribution < -0.4 is 14.7 Å². The fourth-order valence-corrected chi connectivity index (χ4v) is 10.1. The molecule has 0 atom stereocenters. The van der Waals surface area contributed by atoms with Gasteiger partial charge in [0.2, 0.25) is 17.3 Å². The van der Waals surface area contributed by atoms with E-state index in [0.717, 1.165) is 105 Å². The van der Waals surface area contributed by atoms with Crippen molar-refractivity contribution in [2.45, 2.75) is 74.0 Å². The lowest BCUT2D eigenvalue weighted by Crippen LogP contribution is -2.31. The summed E-state index contributed by atoms with van der Waals surface area (Å²) >= 11 is 4.89. The minimum Gasteiger partial charge on any atom is -0.335 e. The average molecular weight is 772 g/mol. The number of para-hydroxylation sites is 3. The molecule has 3 aliphatic heterocycles. The number of ketones is 3. The second kappa shape index (κ2) is 17.4. The van der Waals surface area contributed by atoms with Gasteiger partial charge in [0.15, 0.2) is 0 Å². The summed E-state index contributed by atoms with van der Waals surface area (Å²) in [5, 5.41) is 2.86. The summed E-state index contributed by atoms with van der Waals surface area (Å²) in [5.74, 6) is -1.63. The van der Waals surface area contributed by atoms with E-state index in [0.29, 0.717) is 0 Å². The van der Waals surface area contributed by atoms with Gasteiger partial charge >= 0.3 is 0 Å². The summed E-state index contributed by atoms with van der Waals surface area (Å²) in [7, 11) is 0. The van der Waals surface area contributed by atoms with E-state index in [9.17, 15) is 14.4 Å². The van der Waals surface area contributed by atoms with Crippen LogP contribution >= 0.6 is 35.3 Å². The van der Waals surface area contributed by atoms with E-state index in [4.69, 9.17) is 0 Å². The van der Waals surface area contributed by atoms with Crippen LogP contribution in [0.3, 0.4) is 0 Å². The van der Waals surface area contributed by atoms with Crippen molar-refractivity contribution in [3.05, 3.63) is 141 Å². The molecule has 0 amide bonds. The Bertz CT molecular complexity index is 1900. The van der Waals surface area contributed by atoms with Crippen LogP contribution in [0, 0.1) is 0 Å². The lowest BCUT2D eigenvalue weighted by atomic mass is 9.82. The van der Waals surface area contributed by atoms with Gasteiger partial charge in [-0.05, 0) is 92.1 Å². The van der Waals surface area contributed by atoms with Gasteiger partial charge in [-0.15, -0.1) is 0 Å². The number of unbranched alkanes of at least 4 members (excludes halogenated alkanes) is 3. The third-order valence-electron chi connectivity index (χ3n) is 9.76. The summed E-state index contributed by atoms with van der Waals surface area (Å²) in [6.45, 7) is 8.99. The fraction of sp³-hybridized carbons (Fsp3) is 0.267. The van der Waals surface area contributed by atoms with E-state index in [-0.39, 0.29) is 16.7 Å². The number of benzene rings is 3. The van der Waals surface area contributed by atoms with Gasteiger partial charge in [-0.2, -0.15) is 0 Å². The Kier molecular flexibility index (Phi) is 12.2. The Morgan fingerprint density at radius 2 is 0.704 bits per heavy atom. The van der Waals surface area contributed by atoms with Crippen LogP contribution in [0.1, 0.15) is 59.3 Å². The van der Waals surface area contributed by atoms with E-state index in [1.165, 1.54) is 0 Å². The minimum absolute atomic E-state index is 0.00111. The Morgan fingerprint density at radius 3 is 0.981 bits per heavy atom. The molecule has 3 aromatic rings. The summed E-state index contributed by atoms with van der Waals surface area (Å²) < 4.78 is 0. The molecule has 0 bridgehead atoms. The number of hydrogen-bond acceptors (Lipinski definition) is 9. The van der Waals surface area contributed by atoms with Gasteiger partial charge in [-0.25, -0.2) is 0 Å². The van der Waals surface area contributed by atoms with Gasteiger partial charge < -0.3 is 14.7 Å². The molecule has 0 radical (unpaired) electrons. The molecule has 4 aliphatic rings. The van der Waals surface area contributed by atoms with E-state index >= 15 is 0 Å². The number of hydrogen-bond donors (Lipinski definition) is 0. The van der Waals surface area contributed by atoms with Crippen molar-refractivity contribution in [3.63, 3.8) is 0 Å². The first-order valence-corrected chi connectivity index (χ1v) is 21.4. The highest BCUT2D eigenvalue weighted by molar-refractivity contribution is 8.04. The molecular weight excluding hydrogens is 727 g/mol. The van der Waals surface area contributed by atoms with Crippen molar-refractivity contribution in [1.82, 2.24) is 0 Å². The number of thioether (sulfide) groups is 3. The zero-order valence-electron chi connectivity index (χ0n) is 31.0. The minimum atomic E-state index is -0.544. The van der Waals surface area contributed by atoms with Crippen molar-refractivity contribution in [3.8, 4) is 0 Å². The number of carbonyl (C=O) groups excluding carboxylic acids is 3. The molecule has 1 aliphatic carbocycles. The molecule has 7 rings (SSSR count). The number of Topliss-reactive ketones (excluding diaryl/α,β-unsaturated/α-hetero) is 3. The van der Waals surface area contributed by atoms with Crippen molar-refractivity contribution >= 4 is 69.7 Å². The van der Waals surface area contributed by atoms with E-state index < -0.39 is 17.3 Å². The molecule has 0 aromatic heterocycles. The lowest BCUT2D eigenvalue weighted by Gasteiger charge is -2.21. The smallest absolute Gasteiger partial charge is 0.200 e. The third kappa shape index (κ3) is 7.72. The summed E-state index contributed by atoms with van der Waals surface area (Å²) in [5.41, 5.74) is 3.38. The molecule has 276 valence electrons. The van der Waals surface area contributed by atoms with Crippen molar-refractivity contribution < 1.29 is 14.4 Å². The van der Waals surface area contributed by atoms with Crippen LogP contribution in [0.4, 0.5) is 17.1 Å². The zero-order chi connectivity index (χ0) is 37.6. The standard InChI is InChI=1S/C45H45N3O3S3/c1-4-7-28-46-34-16-10-13-19-37(34)52-40(46)25-22-31-43(49)32(23-26-41-47(29-8-5-2)35-17-11-14-20-38(35)53-41)45(51)33(44(31)50)24-27-42-48(30-9-6-3)36-18-12-15-21-39(36)54-42/h10-27H,4-9,28-30H2,1-3H3/b31-22?,32-23?,33-24?,40-25-,41-26-,42-27-. The highest BCUT2D eigenvalue weighted by Gasteiger charge is 2.38. The predicted octanol–water partition coefficient (Wildman–Crippen LogP) is 11.2. The molecule has 9 heteroatoms. The number of nitrogens with zero attached hydrogens (tertiary/aromatic N) is 3. The monoisotopic (exact) mass is 771 g/mol. The SMILES string of the molecule is CCCCN1/C(=C/C=C2C(=O)C(=C/C=C3\Sc4ccccc4N3CCCC)C(=O)C(=C/C=C3\Sc4ccccc4N3CCCC)C2=O)Sc2ccccc21. The number of anilines is 3. The topological polar surface area (TPSA) is 60.9 Å². The number of fused-ring (bicyclic) bond motifs is 3. The highest BCUT2D eigenvalue weighted by atomic mass is 32.2. The molecule has 54 heavy (non-hydrogen) atoms. The van der Waals surface area contributed by atoms with Crippen LogP contribution in [0.2, 0.25) is 0 Å². The van der Waals surface area contributed by atoms with Crippen LogP contribution in [0.15, 0.2) is 156 Å². The van der Waals surface area contributed by atoms with Crippen LogP contribution in [-0.4, -0.2) is 37.0 Å². The van der Waals surface area contributed by atoms with Gasteiger partial charge in [0, 0.05) is 34.3 Å². The van der Waals surface area contributed by atoms with Gasteiger partial charge in [-0.3, -0.25) is 14.4 Å². The molecule has 1 saturated carbocycles. The maximum atomic E-state index is 14.3. The predicted molar refractivity (Wildman–Crippen MR) is 227 cm³/mol. The first-order valence-electron chi connectivity index (χ1n) is 19.0. The molecule has 0 unspecified atom stereocenters. The molecule has 6 nitrogen and oxygen atoms in total. The Balaban J connectivity index is 1.29. The van der Waals surface area contributed by atoms with Crippen LogP contribution in [0.25, 0.3) is 0 Å². The Morgan fingerprint density at radius 1 is 0.426 bits per heavy atom. The maximum Gasteiger partial charge on any atom is 0.200 e. The normalized spacial score (nSPS) is 18.7. The van der Waals surface area contributed by atoms with Gasteiger partial charge in [0.05, 0.1) is 48.9 Å². The quantitative estimate of drug-likeness (QED) is 0.132. The molecular formula is C45H45N3O3S3. The molecule has 0 N–H and O–H groups in total.